The number of carboxylic acids is 1. The maximum absolute atomic E-state index is 10.9. The minimum Gasteiger partial charge on any atom is -0.493 e. The van der Waals surface area contributed by atoms with E-state index in [1.54, 1.807) is 31.5 Å². The van der Waals surface area contributed by atoms with Crippen LogP contribution in [0, 0.1) is 0 Å². The van der Waals surface area contributed by atoms with Crippen LogP contribution in [-0.4, -0.2) is 24.4 Å². The molecular formula is C22H19ClN2O4. The molecule has 0 amide bonds. The number of carboxylic acid groups (broad SMARTS) is 1. The number of nitrogens with one attached hydrogen (secondary N) is 1. The molecular weight excluding hydrogens is 392 g/mol. The molecule has 0 aliphatic rings. The Bertz CT molecular complexity index is 1020. The van der Waals surface area contributed by atoms with E-state index >= 15 is 0 Å². The molecule has 3 rings (SSSR count). The van der Waals surface area contributed by atoms with Crippen LogP contribution in [0.3, 0.4) is 0 Å². The van der Waals surface area contributed by atoms with E-state index in [1.807, 2.05) is 36.4 Å². The normalized spacial score (nSPS) is 10.7. The van der Waals surface area contributed by atoms with Gasteiger partial charge in [0.25, 0.3) is 0 Å². The molecule has 0 unspecified atom stereocenters. The van der Waals surface area contributed by atoms with E-state index in [0.29, 0.717) is 27.8 Å². The second kappa shape index (κ2) is 9.61. The number of aromatic carboxylic acids is 1. The largest absolute Gasteiger partial charge is 0.493 e. The minimum atomic E-state index is -0.975. The van der Waals surface area contributed by atoms with Crippen LogP contribution >= 0.6 is 11.6 Å². The van der Waals surface area contributed by atoms with E-state index in [1.165, 1.54) is 12.1 Å². The average Bonchev–Trinajstić information content (AvgIpc) is 2.74. The predicted molar refractivity (Wildman–Crippen MR) is 113 cm³/mol. The summed E-state index contributed by atoms with van der Waals surface area (Å²) in [4.78, 5) is 10.9. The van der Waals surface area contributed by atoms with E-state index in [9.17, 15) is 4.79 Å². The summed E-state index contributed by atoms with van der Waals surface area (Å²) in [6.45, 7) is 0.283. The third-order valence-electron chi connectivity index (χ3n) is 4.09. The van der Waals surface area contributed by atoms with Gasteiger partial charge in [-0.3, -0.25) is 5.43 Å². The molecule has 0 aliphatic carbocycles. The second-order valence-electron chi connectivity index (χ2n) is 6.01. The van der Waals surface area contributed by atoms with Crippen LogP contribution in [0.4, 0.5) is 5.69 Å². The summed E-state index contributed by atoms with van der Waals surface area (Å²) >= 11 is 6.20. The van der Waals surface area contributed by atoms with Crippen molar-refractivity contribution < 1.29 is 19.4 Å². The van der Waals surface area contributed by atoms with E-state index in [-0.39, 0.29) is 12.2 Å². The molecule has 0 heterocycles. The van der Waals surface area contributed by atoms with Crippen LogP contribution in [0.15, 0.2) is 71.8 Å². The summed E-state index contributed by atoms with van der Waals surface area (Å²) in [5.74, 6) is 0.144. The van der Waals surface area contributed by atoms with Gasteiger partial charge in [-0.2, -0.15) is 5.10 Å². The van der Waals surface area contributed by atoms with Gasteiger partial charge in [0, 0.05) is 16.1 Å². The van der Waals surface area contributed by atoms with Gasteiger partial charge in [-0.25, -0.2) is 4.79 Å². The molecule has 0 saturated heterocycles. The highest BCUT2D eigenvalue weighted by Crippen LogP contribution is 2.31. The van der Waals surface area contributed by atoms with Crippen LogP contribution in [0.25, 0.3) is 0 Å². The van der Waals surface area contributed by atoms with Crippen LogP contribution in [0.1, 0.15) is 21.5 Å². The lowest BCUT2D eigenvalue weighted by atomic mass is 10.2. The Balaban J connectivity index is 1.75. The van der Waals surface area contributed by atoms with Gasteiger partial charge in [0.05, 0.1) is 24.6 Å². The number of hydrazone groups is 1. The molecule has 0 atom stereocenters. The van der Waals surface area contributed by atoms with Crippen LogP contribution in [-0.2, 0) is 6.61 Å². The topological polar surface area (TPSA) is 80.2 Å². The van der Waals surface area contributed by atoms with Crippen molar-refractivity contribution in [3.05, 3.63) is 88.4 Å². The van der Waals surface area contributed by atoms with Crippen molar-refractivity contribution in [2.75, 3.05) is 12.5 Å². The molecule has 0 aliphatic heterocycles. The van der Waals surface area contributed by atoms with Gasteiger partial charge in [-0.05, 0) is 42.5 Å². The average molecular weight is 411 g/mol. The smallest absolute Gasteiger partial charge is 0.335 e. The summed E-state index contributed by atoms with van der Waals surface area (Å²) in [6, 6.07) is 19.2. The van der Waals surface area contributed by atoms with Gasteiger partial charge in [-0.15, -0.1) is 0 Å². The summed E-state index contributed by atoms with van der Waals surface area (Å²) in [5, 5.41) is 13.8. The lowest BCUT2D eigenvalue weighted by Crippen LogP contribution is -2.02. The monoisotopic (exact) mass is 410 g/mol. The third kappa shape index (κ3) is 5.27. The van der Waals surface area contributed by atoms with E-state index < -0.39 is 5.97 Å². The number of halogens is 1. The lowest BCUT2D eigenvalue weighted by Gasteiger charge is -2.14. The molecule has 3 aromatic rings. The Morgan fingerprint density at radius 3 is 2.55 bits per heavy atom. The fraction of sp³-hybridized carbons (Fsp3) is 0.0909. The van der Waals surface area contributed by atoms with Crippen molar-refractivity contribution in [1.29, 1.82) is 0 Å². The Hall–Kier alpha value is -3.51. The van der Waals surface area contributed by atoms with Crippen molar-refractivity contribution in [1.82, 2.24) is 0 Å². The second-order valence-corrected chi connectivity index (χ2v) is 6.42. The van der Waals surface area contributed by atoms with Crippen LogP contribution in [0.2, 0.25) is 5.02 Å². The van der Waals surface area contributed by atoms with Gasteiger partial charge in [0.1, 0.15) is 6.61 Å². The van der Waals surface area contributed by atoms with Gasteiger partial charge < -0.3 is 14.6 Å². The van der Waals surface area contributed by atoms with Crippen molar-refractivity contribution in [3.8, 4) is 11.5 Å². The van der Waals surface area contributed by atoms with Gasteiger partial charge in [0.2, 0.25) is 0 Å². The number of rotatable bonds is 8. The molecule has 0 radical (unpaired) electrons. The molecule has 0 saturated carbocycles. The Morgan fingerprint density at radius 2 is 1.86 bits per heavy atom. The zero-order valence-electron chi connectivity index (χ0n) is 15.6. The van der Waals surface area contributed by atoms with E-state index in [0.717, 1.165) is 5.56 Å². The first-order valence-electron chi connectivity index (χ1n) is 8.74. The molecule has 2 N–H and O–H groups in total. The van der Waals surface area contributed by atoms with Crippen LogP contribution in [0.5, 0.6) is 11.5 Å². The zero-order chi connectivity index (χ0) is 20.6. The number of hydrogen-bond acceptors (Lipinski definition) is 5. The molecule has 29 heavy (non-hydrogen) atoms. The van der Waals surface area contributed by atoms with E-state index in [2.05, 4.69) is 10.5 Å². The van der Waals surface area contributed by atoms with Crippen LogP contribution < -0.4 is 14.9 Å². The number of para-hydroxylation sites is 1. The standard InChI is InChI=1S/C22H19ClN2O4/c1-28-20-8-4-6-16(21(20)29-14-17-5-2-3-7-19(17)23)13-24-25-18-11-9-15(10-12-18)22(26)27/h2-13,25H,14H2,1H3,(H,26,27)/b24-13+. The number of nitrogens with zero attached hydrogens (tertiary/aromatic N) is 1. The van der Waals surface area contributed by atoms with Crippen molar-refractivity contribution >= 4 is 29.5 Å². The predicted octanol–water partition coefficient (Wildman–Crippen LogP) is 5.07. The highest BCUT2D eigenvalue weighted by Gasteiger charge is 2.10. The molecule has 6 nitrogen and oxygen atoms in total. The summed E-state index contributed by atoms with van der Waals surface area (Å²) < 4.78 is 11.4. The summed E-state index contributed by atoms with van der Waals surface area (Å²) in [5.41, 5.74) is 5.31. The highest BCUT2D eigenvalue weighted by molar-refractivity contribution is 6.31. The highest BCUT2D eigenvalue weighted by atomic mass is 35.5. The zero-order valence-corrected chi connectivity index (χ0v) is 16.4. The van der Waals surface area contributed by atoms with Gasteiger partial charge >= 0.3 is 5.97 Å². The number of anilines is 1. The van der Waals surface area contributed by atoms with Crippen molar-refractivity contribution in [2.24, 2.45) is 5.10 Å². The molecule has 7 heteroatoms. The summed E-state index contributed by atoms with van der Waals surface area (Å²) in [6.07, 6.45) is 1.61. The third-order valence-corrected chi connectivity index (χ3v) is 4.46. The molecule has 0 fully saturated rings. The van der Waals surface area contributed by atoms with Gasteiger partial charge in [-0.1, -0.05) is 35.9 Å². The van der Waals surface area contributed by atoms with E-state index in [4.69, 9.17) is 26.2 Å². The summed E-state index contributed by atoms with van der Waals surface area (Å²) in [7, 11) is 1.57. The van der Waals surface area contributed by atoms with Crippen molar-refractivity contribution in [2.45, 2.75) is 6.61 Å². The quantitative estimate of drug-likeness (QED) is 0.400. The molecule has 3 aromatic carbocycles. The Morgan fingerprint density at radius 1 is 1.10 bits per heavy atom. The number of methoxy groups -OCH3 is 1. The molecule has 148 valence electrons. The molecule has 0 spiro atoms. The first kappa shape index (κ1) is 20.2. The molecule has 0 aromatic heterocycles. The number of benzene rings is 3. The number of ether oxygens (including phenoxy) is 2. The van der Waals surface area contributed by atoms with Crippen molar-refractivity contribution in [3.63, 3.8) is 0 Å². The first-order valence-corrected chi connectivity index (χ1v) is 9.12. The Labute approximate surface area is 173 Å². The first-order chi connectivity index (χ1) is 14.1. The maximum atomic E-state index is 10.9. The SMILES string of the molecule is COc1cccc(/C=N/Nc2ccc(C(=O)O)cc2)c1OCc1ccccc1Cl. The maximum Gasteiger partial charge on any atom is 0.335 e. The Kier molecular flexibility index (Phi) is 6.71. The number of hydrogen-bond donors (Lipinski definition) is 2. The molecule has 0 bridgehead atoms. The fourth-order valence-electron chi connectivity index (χ4n) is 2.58. The fourth-order valence-corrected chi connectivity index (χ4v) is 2.77. The van der Waals surface area contributed by atoms with Gasteiger partial charge in [0.15, 0.2) is 11.5 Å². The lowest BCUT2D eigenvalue weighted by molar-refractivity contribution is 0.0697. The minimum absolute atomic E-state index is 0.211. The number of carbonyl (C=O) groups is 1.